The molecule has 2 saturated heterocycles. The van der Waals surface area contributed by atoms with Crippen LogP contribution in [0, 0.1) is 11.3 Å². The quantitative estimate of drug-likeness (QED) is 0.510. The number of hydrogen-bond donors (Lipinski definition) is 2. The molecule has 182 valence electrons. The Balaban J connectivity index is 1.37. The van der Waals surface area contributed by atoms with Gasteiger partial charge in [-0.15, -0.1) is 0 Å². The van der Waals surface area contributed by atoms with Crippen molar-refractivity contribution < 1.29 is 23.1 Å². The summed E-state index contributed by atoms with van der Waals surface area (Å²) in [6, 6.07) is 6.63. The lowest BCUT2D eigenvalue weighted by atomic mass is 9.95. The van der Waals surface area contributed by atoms with Crippen molar-refractivity contribution in [2.45, 2.75) is 38.7 Å². The predicted octanol–water partition coefficient (Wildman–Crippen LogP) is 2.58. The van der Waals surface area contributed by atoms with Crippen molar-refractivity contribution in [1.29, 1.82) is 5.41 Å². The minimum Gasteiger partial charge on any atom is -0.473 e. The second kappa shape index (κ2) is 9.78. The van der Waals surface area contributed by atoms with Gasteiger partial charge in [-0.25, -0.2) is 13.8 Å². The molecule has 0 radical (unpaired) electrons. The molecule has 2 fully saturated rings. The van der Waals surface area contributed by atoms with E-state index < -0.39 is 12.2 Å². The highest BCUT2D eigenvalue weighted by Crippen LogP contribution is 2.26. The van der Waals surface area contributed by atoms with Crippen LogP contribution in [-0.2, 0) is 14.3 Å². The maximum absolute atomic E-state index is 13.5. The zero-order chi connectivity index (χ0) is 24.4. The average molecular weight is 475 g/mol. The van der Waals surface area contributed by atoms with Crippen LogP contribution in [-0.4, -0.2) is 69.3 Å². The van der Waals surface area contributed by atoms with Crippen LogP contribution < -0.4 is 5.73 Å². The molecule has 3 heterocycles. The summed E-state index contributed by atoms with van der Waals surface area (Å²) in [5, 5.41) is 8.16. The van der Waals surface area contributed by atoms with Crippen LogP contribution in [0.15, 0.2) is 30.3 Å². The van der Waals surface area contributed by atoms with Crippen molar-refractivity contribution in [2.75, 3.05) is 26.2 Å². The first-order valence-corrected chi connectivity index (χ1v) is 11.3. The van der Waals surface area contributed by atoms with Crippen LogP contribution in [0.3, 0.4) is 0 Å². The zero-order valence-corrected chi connectivity index (χ0v) is 18.9. The first kappa shape index (κ1) is 23.7. The third kappa shape index (κ3) is 4.87. The molecular formula is C23H28F2N6O3. The number of halogens is 2. The molecule has 2 amide bonds. The van der Waals surface area contributed by atoms with Gasteiger partial charge in [0.1, 0.15) is 11.9 Å². The number of rotatable bonds is 5. The summed E-state index contributed by atoms with van der Waals surface area (Å²) in [4.78, 5) is 31.8. The number of nitrogens with two attached hydrogens (primary N) is 1. The number of likely N-dealkylation sites (tertiary alicyclic amines) is 2. The molecule has 0 saturated carbocycles. The largest absolute Gasteiger partial charge is 0.473 e. The number of alkyl halides is 2. The van der Waals surface area contributed by atoms with Crippen LogP contribution in [0.25, 0.3) is 16.9 Å². The molecule has 9 nitrogen and oxygen atoms in total. The molecule has 0 unspecified atom stereocenters. The van der Waals surface area contributed by atoms with Crippen molar-refractivity contribution in [3.63, 3.8) is 0 Å². The molecule has 2 aromatic rings. The van der Waals surface area contributed by atoms with E-state index in [-0.39, 0.29) is 35.6 Å². The highest BCUT2D eigenvalue weighted by atomic mass is 19.3. The van der Waals surface area contributed by atoms with Crippen LogP contribution in [0.2, 0.25) is 0 Å². The number of amides is 2. The first-order valence-electron chi connectivity index (χ1n) is 11.3. The Morgan fingerprint density at radius 3 is 2.53 bits per heavy atom. The average Bonchev–Trinajstić information content (AvgIpc) is 3.43. The minimum atomic E-state index is -2.84. The number of carbonyl (C=O) groups is 2. The SMILES string of the molecule is CC(=O)N1CCC(C(=O)N2CC[C@H](OC(=N)/C=C(\N)n3c(C(F)F)nc4ccccc43)C2)CC1. The van der Waals surface area contributed by atoms with Gasteiger partial charge in [0.15, 0.2) is 5.82 Å². The molecule has 11 heteroatoms. The Morgan fingerprint density at radius 2 is 1.85 bits per heavy atom. The van der Waals surface area contributed by atoms with Gasteiger partial charge in [-0.3, -0.25) is 19.6 Å². The third-order valence-corrected chi connectivity index (χ3v) is 6.36. The smallest absolute Gasteiger partial charge is 0.296 e. The van der Waals surface area contributed by atoms with Crippen LogP contribution >= 0.6 is 0 Å². The second-order valence-corrected chi connectivity index (χ2v) is 8.62. The number of imidazole rings is 1. The van der Waals surface area contributed by atoms with Gasteiger partial charge in [-0.1, -0.05) is 12.1 Å². The van der Waals surface area contributed by atoms with Gasteiger partial charge >= 0.3 is 0 Å². The van der Waals surface area contributed by atoms with Crippen molar-refractivity contribution in [2.24, 2.45) is 11.7 Å². The number of fused-ring (bicyclic) bond motifs is 1. The molecule has 2 aliphatic rings. The Bertz CT molecular complexity index is 1120. The Hall–Kier alpha value is -3.50. The van der Waals surface area contributed by atoms with E-state index in [2.05, 4.69) is 4.98 Å². The van der Waals surface area contributed by atoms with E-state index in [1.807, 2.05) is 0 Å². The summed E-state index contributed by atoms with van der Waals surface area (Å²) >= 11 is 0. The standard InChI is InChI=1S/C23H28F2N6O3/c1-14(32)29-9-6-15(7-10-29)23(33)30-11-8-16(13-30)34-20(27)12-19(26)31-18-5-3-2-4-17(18)28-22(31)21(24)25/h2-5,12,15-16,21,27H,6-11,13,26H2,1H3/b19-12+,27-20?/t16-/m0/s1. The number of piperidine rings is 1. The number of nitrogens with one attached hydrogen (secondary N) is 1. The van der Waals surface area contributed by atoms with Gasteiger partial charge in [0.05, 0.1) is 17.6 Å². The summed E-state index contributed by atoms with van der Waals surface area (Å²) in [7, 11) is 0. The molecule has 0 aliphatic carbocycles. The third-order valence-electron chi connectivity index (χ3n) is 6.36. The number of hydrogen-bond acceptors (Lipinski definition) is 6. The summed E-state index contributed by atoms with van der Waals surface area (Å²) in [6.45, 7) is 3.56. The molecule has 1 aromatic carbocycles. The van der Waals surface area contributed by atoms with Gasteiger partial charge < -0.3 is 20.3 Å². The Labute approximate surface area is 195 Å². The number of carbonyl (C=O) groups excluding carboxylic acids is 2. The molecule has 0 spiro atoms. The number of para-hydroxylation sites is 2. The van der Waals surface area contributed by atoms with E-state index in [1.165, 1.54) is 13.0 Å². The molecular weight excluding hydrogens is 446 g/mol. The molecule has 1 atom stereocenters. The Kier molecular flexibility index (Phi) is 6.80. The van der Waals surface area contributed by atoms with Crippen molar-refractivity contribution in [3.8, 4) is 0 Å². The first-order chi connectivity index (χ1) is 16.2. The van der Waals surface area contributed by atoms with Gasteiger partial charge in [0.2, 0.25) is 17.7 Å². The number of nitrogens with zero attached hydrogens (tertiary/aromatic N) is 4. The van der Waals surface area contributed by atoms with Crippen LogP contribution in [0.1, 0.15) is 38.4 Å². The summed E-state index contributed by atoms with van der Waals surface area (Å²) < 4.78 is 33.8. The van der Waals surface area contributed by atoms with E-state index in [9.17, 15) is 18.4 Å². The van der Waals surface area contributed by atoms with E-state index in [0.29, 0.717) is 56.5 Å². The summed E-state index contributed by atoms with van der Waals surface area (Å²) in [6.07, 6.45) is -0.202. The van der Waals surface area contributed by atoms with Gasteiger partial charge in [0.25, 0.3) is 6.43 Å². The maximum Gasteiger partial charge on any atom is 0.296 e. The number of ether oxygens (including phenoxy) is 1. The van der Waals surface area contributed by atoms with Crippen molar-refractivity contribution in [3.05, 3.63) is 36.2 Å². The zero-order valence-electron chi connectivity index (χ0n) is 18.9. The molecule has 1 aromatic heterocycles. The van der Waals surface area contributed by atoms with E-state index in [0.717, 1.165) is 4.57 Å². The highest BCUT2D eigenvalue weighted by Gasteiger charge is 2.34. The van der Waals surface area contributed by atoms with Gasteiger partial charge in [0, 0.05) is 45.0 Å². The van der Waals surface area contributed by atoms with E-state index in [1.54, 1.807) is 34.1 Å². The lowest BCUT2D eigenvalue weighted by Gasteiger charge is -2.32. The van der Waals surface area contributed by atoms with Gasteiger partial charge in [-0.05, 0) is 25.0 Å². The maximum atomic E-state index is 13.5. The lowest BCUT2D eigenvalue weighted by molar-refractivity contribution is -0.139. The summed E-state index contributed by atoms with van der Waals surface area (Å²) in [5.74, 6) is -0.928. The molecule has 34 heavy (non-hydrogen) atoms. The second-order valence-electron chi connectivity index (χ2n) is 8.62. The highest BCUT2D eigenvalue weighted by molar-refractivity contribution is 5.91. The molecule has 4 rings (SSSR count). The van der Waals surface area contributed by atoms with Gasteiger partial charge in [-0.2, -0.15) is 0 Å². The number of aromatic nitrogens is 2. The van der Waals surface area contributed by atoms with E-state index >= 15 is 0 Å². The van der Waals surface area contributed by atoms with Crippen LogP contribution in [0.5, 0.6) is 0 Å². The molecule has 2 aliphatic heterocycles. The van der Waals surface area contributed by atoms with Crippen LogP contribution in [0.4, 0.5) is 8.78 Å². The minimum absolute atomic E-state index is 0.0238. The Morgan fingerprint density at radius 1 is 1.18 bits per heavy atom. The molecule has 0 bridgehead atoms. The summed E-state index contributed by atoms with van der Waals surface area (Å²) in [5.41, 5.74) is 6.85. The monoisotopic (exact) mass is 474 g/mol. The fourth-order valence-corrected chi connectivity index (χ4v) is 4.60. The fraction of sp³-hybridized carbons (Fsp3) is 0.478. The predicted molar refractivity (Wildman–Crippen MR) is 122 cm³/mol. The number of benzene rings is 1. The molecule has 3 N–H and O–H groups in total. The topological polar surface area (TPSA) is 118 Å². The normalized spacial score (nSPS) is 19.8. The van der Waals surface area contributed by atoms with Crippen molar-refractivity contribution >= 4 is 34.6 Å². The van der Waals surface area contributed by atoms with E-state index in [4.69, 9.17) is 15.9 Å². The fourth-order valence-electron chi connectivity index (χ4n) is 4.60. The lowest BCUT2D eigenvalue weighted by Crippen LogP contribution is -2.43. The van der Waals surface area contributed by atoms with Crippen molar-refractivity contribution in [1.82, 2.24) is 19.4 Å².